The second kappa shape index (κ2) is 7.66. The number of thioether (sulfide) groups is 1. The largest absolute Gasteiger partial charge is 0.493 e. The van der Waals surface area contributed by atoms with Gasteiger partial charge >= 0.3 is 0 Å². The first-order valence-corrected chi connectivity index (χ1v) is 9.48. The quantitative estimate of drug-likeness (QED) is 0.789. The molecule has 6 heteroatoms. The van der Waals surface area contributed by atoms with Gasteiger partial charge in [0.05, 0.1) is 19.5 Å². The molecule has 2 saturated heterocycles. The Kier molecular flexibility index (Phi) is 5.56. The van der Waals surface area contributed by atoms with E-state index in [0.29, 0.717) is 11.5 Å². The molecule has 0 saturated carbocycles. The van der Waals surface area contributed by atoms with Gasteiger partial charge in [-0.2, -0.15) is 0 Å². The smallest absolute Gasteiger partial charge is 0.236 e. The van der Waals surface area contributed by atoms with Gasteiger partial charge in [0.15, 0.2) is 11.5 Å². The van der Waals surface area contributed by atoms with Crippen molar-refractivity contribution < 1.29 is 14.3 Å². The van der Waals surface area contributed by atoms with Crippen molar-refractivity contribution in [3.8, 4) is 11.5 Å². The zero-order chi connectivity index (χ0) is 17.1. The number of carbonyl (C=O) groups is 1. The van der Waals surface area contributed by atoms with Gasteiger partial charge in [-0.1, -0.05) is 6.07 Å². The van der Waals surface area contributed by atoms with E-state index in [0.717, 1.165) is 31.7 Å². The van der Waals surface area contributed by atoms with Crippen LogP contribution in [0.4, 0.5) is 0 Å². The van der Waals surface area contributed by atoms with Gasteiger partial charge in [-0.3, -0.25) is 4.79 Å². The van der Waals surface area contributed by atoms with Crippen LogP contribution in [0.3, 0.4) is 0 Å². The maximum atomic E-state index is 12.6. The molecular formula is C18H26N2O3S. The van der Waals surface area contributed by atoms with Gasteiger partial charge in [-0.25, -0.2) is 0 Å². The molecule has 2 aliphatic rings. The van der Waals surface area contributed by atoms with Crippen LogP contribution in [0.25, 0.3) is 0 Å². The second-order valence-electron chi connectivity index (χ2n) is 6.33. The predicted molar refractivity (Wildman–Crippen MR) is 96.7 cm³/mol. The third kappa shape index (κ3) is 3.49. The fraction of sp³-hybridized carbons (Fsp3) is 0.611. The molecule has 2 atom stereocenters. The molecule has 5 nitrogen and oxygen atoms in total. The van der Waals surface area contributed by atoms with Crippen molar-refractivity contribution in [2.45, 2.75) is 30.4 Å². The van der Waals surface area contributed by atoms with E-state index in [1.165, 1.54) is 12.8 Å². The Morgan fingerprint density at radius 3 is 2.50 bits per heavy atom. The minimum absolute atomic E-state index is 0.00155. The molecule has 0 bridgehead atoms. The molecule has 0 radical (unpaired) electrons. The van der Waals surface area contributed by atoms with Gasteiger partial charge in [0.1, 0.15) is 5.37 Å². The number of benzene rings is 1. The monoisotopic (exact) mass is 350 g/mol. The summed E-state index contributed by atoms with van der Waals surface area (Å²) in [6.45, 7) is 6.06. The standard InChI is InChI=1S/C18H26N2O3S/c1-13-17(21)20(11-10-19-8-4-5-9-19)18(24-13)14-6-7-15(22-2)16(12-14)23-3/h6-7,12-13,18H,4-5,8-11H2,1-3H3/t13-,18+/m1/s1. The lowest BCUT2D eigenvalue weighted by molar-refractivity contribution is -0.130. The lowest BCUT2D eigenvalue weighted by Gasteiger charge is -2.27. The third-order valence-electron chi connectivity index (χ3n) is 4.80. The SMILES string of the molecule is COc1ccc([C@@H]2S[C@H](C)C(=O)N2CCN2CCCC2)cc1OC. The van der Waals surface area contributed by atoms with E-state index < -0.39 is 0 Å². The molecule has 1 amide bonds. The molecule has 2 heterocycles. The molecule has 1 aromatic rings. The highest BCUT2D eigenvalue weighted by molar-refractivity contribution is 8.01. The molecule has 0 spiro atoms. The number of methoxy groups -OCH3 is 2. The van der Waals surface area contributed by atoms with Crippen LogP contribution in [0, 0.1) is 0 Å². The van der Waals surface area contributed by atoms with E-state index in [9.17, 15) is 4.79 Å². The van der Waals surface area contributed by atoms with Crippen molar-refractivity contribution in [1.29, 1.82) is 0 Å². The molecule has 1 aromatic carbocycles. The molecular weight excluding hydrogens is 324 g/mol. The number of carbonyl (C=O) groups excluding carboxylic acids is 1. The van der Waals surface area contributed by atoms with Crippen molar-refractivity contribution in [2.24, 2.45) is 0 Å². The molecule has 0 unspecified atom stereocenters. The van der Waals surface area contributed by atoms with Gasteiger partial charge in [0, 0.05) is 13.1 Å². The van der Waals surface area contributed by atoms with Crippen molar-refractivity contribution >= 4 is 17.7 Å². The minimum atomic E-state index is 0.00155. The zero-order valence-electron chi connectivity index (χ0n) is 14.7. The summed E-state index contributed by atoms with van der Waals surface area (Å²) in [7, 11) is 3.28. The van der Waals surface area contributed by atoms with Gasteiger partial charge in [-0.15, -0.1) is 11.8 Å². The molecule has 2 aliphatic heterocycles. The summed E-state index contributed by atoms with van der Waals surface area (Å²) < 4.78 is 10.7. The molecule has 3 rings (SSSR count). The number of hydrogen-bond donors (Lipinski definition) is 0. The molecule has 0 aliphatic carbocycles. The Morgan fingerprint density at radius 2 is 1.83 bits per heavy atom. The van der Waals surface area contributed by atoms with Crippen LogP contribution in [0.2, 0.25) is 0 Å². The topological polar surface area (TPSA) is 42.0 Å². The number of rotatable bonds is 6. The fourth-order valence-electron chi connectivity index (χ4n) is 3.42. The first-order chi connectivity index (χ1) is 11.6. The summed E-state index contributed by atoms with van der Waals surface area (Å²) in [5.41, 5.74) is 1.09. The summed E-state index contributed by atoms with van der Waals surface area (Å²) in [4.78, 5) is 17.1. The maximum Gasteiger partial charge on any atom is 0.236 e. The van der Waals surface area contributed by atoms with E-state index in [1.807, 2.05) is 30.0 Å². The first-order valence-electron chi connectivity index (χ1n) is 8.54. The number of likely N-dealkylation sites (tertiary alicyclic amines) is 1. The maximum absolute atomic E-state index is 12.6. The number of hydrogen-bond acceptors (Lipinski definition) is 5. The molecule has 2 fully saturated rings. The number of amides is 1. The molecule has 0 aromatic heterocycles. The summed E-state index contributed by atoms with van der Waals surface area (Å²) in [5.74, 6) is 1.66. The van der Waals surface area contributed by atoms with E-state index in [4.69, 9.17) is 9.47 Å². The second-order valence-corrected chi connectivity index (χ2v) is 7.75. The van der Waals surface area contributed by atoms with Crippen LogP contribution in [-0.2, 0) is 4.79 Å². The summed E-state index contributed by atoms with van der Waals surface area (Å²) in [5, 5.41) is 0.0524. The van der Waals surface area contributed by atoms with Crippen molar-refractivity contribution in [2.75, 3.05) is 40.4 Å². The predicted octanol–water partition coefficient (Wildman–Crippen LogP) is 2.76. The Morgan fingerprint density at radius 1 is 1.12 bits per heavy atom. The Balaban J connectivity index is 1.77. The lowest BCUT2D eigenvalue weighted by atomic mass is 10.1. The van der Waals surface area contributed by atoms with Crippen LogP contribution < -0.4 is 9.47 Å². The van der Waals surface area contributed by atoms with E-state index >= 15 is 0 Å². The van der Waals surface area contributed by atoms with Gasteiger partial charge < -0.3 is 19.3 Å². The normalized spacial score (nSPS) is 24.6. The van der Waals surface area contributed by atoms with Gasteiger partial charge in [0.25, 0.3) is 0 Å². The summed E-state index contributed by atoms with van der Waals surface area (Å²) in [6, 6.07) is 5.94. The van der Waals surface area contributed by atoms with Crippen LogP contribution in [0.1, 0.15) is 30.7 Å². The highest BCUT2D eigenvalue weighted by Crippen LogP contribution is 2.44. The van der Waals surface area contributed by atoms with Crippen molar-refractivity contribution in [1.82, 2.24) is 9.80 Å². The van der Waals surface area contributed by atoms with Crippen LogP contribution in [-0.4, -0.2) is 61.4 Å². The zero-order valence-corrected chi connectivity index (χ0v) is 15.5. The fourth-order valence-corrected chi connectivity index (χ4v) is 4.72. The number of nitrogens with zero attached hydrogens (tertiary/aromatic N) is 2. The van der Waals surface area contributed by atoms with E-state index in [2.05, 4.69) is 4.90 Å². The summed E-state index contributed by atoms with van der Waals surface area (Å²) in [6.07, 6.45) is 2.55. The van der Waals surface area contributed by atoms with E-state index in [1.54, 1.807) is 26.0 Å². The molecule has 0 N–H and O–H groups in total. The van der Waals surface area contributed by atoms with Gasteiger partial charge in [0.2, 0.25) is 5.91 Å². The molecule has 24 heavy (non-hydrogen) atoms. The van der Waals surface area contributed by atoms with Crippen LogP contribution in [0.15, 0.2) is 18.2 Å². The minimum Gasteiger partial charge on any atom is -0.493 e. The van der Waals surface area contributed by atoms with E-state index in [-0.39, 0.29) is 16.5 Å². The lowest BCUT2D eigenvalue weighted by Crippen LogP contribution is -2.37. The Bertz CT molecular complexity index is 590. The first kappa shape index (κ1) is 17.4. The summed E-state index contributed by atoms with van der Waals surface area (Å²) >= 11 is 1.71. The Labute approximate surface area is 148 Å². The Hall–Kier alpha value is -1.40. The average molecular weight is 350 g/mol. The third-order valence-corrected chi connectivity index (χ3v) is 6.19. The van der Waals surface area contributed by atoms with Gasteiger partial charge in [-0.05, 0) is 50.6 Å². The van der Waals surface area contributed by atoms with Crippen molar-refractivity contribution in [3.05, 3.63) is 23.8 Å². The van der Waals surface area contributed by atoms with Crippen LogP contribution in [0.5, 0.6) is 11.5 Å². The highest BCUT2D eigenvalue weighted by atomic mass is 32.2. The number of ether oxygens (including phenoxy) is 2. The van der Waals surface area contributed by atoms with Crippen molar-refractivity contribution in [3.63, 3.8) is 0 Å². The highest BCUT2D eigenvalue weighted by Gasteiger charge is 2.38. The van der Waals surface area contributed by atoms with Crippen LogP contribution >= 0.6 is 11.8 Å². The molecule has 132 valence electrons. The average Bonchev–Trinajstić information content (AvgIpc) is 3.21.